The van der Waals surface area contributed by atoms with E-state index in [1.54, 1.807) is 6.20 Å². The molecule has 0 unspecified atom stereocenters. The molecule has 1 aromatic heterocycles. The first kappa shape index (κ1) is 18.9. The highest BCUT2D eigenvalue weighted by Gasteiger charge is 2.51. The van der Waals surface area contributed by atoms with Crippen molar-refractivity contribution in [1.82, 2.24) is 9.97 Å². The number of rotatable bonds is 3. The molecule has 3 aromatic rings. The summed E-state index contributed by atoms with van der Waals surface area (Å²) in [5.41, 5.74) is 3.83. The van der Waals surface area contributed by atoms with Gasteiger partial charge in [0.15, 0.2) is 5.82 Å². The summed E-state index contributed by atoms with van der Waals surface area (Å²) in [7, 11) is 5.40. The van der Waals surface area contributed by atoms with E-state index in [2.05, 4.69) is 32.7 Å². The van der Waals surface area contributed by atoms with Crippen LogP contribution in [0.2, 0.25) is 0 Å². The van der Waals surface area contributed by atoms with Crippen molar-refractivity contribution in [2.45, 2.75) is 38.9 Å². The smallest absolute Gasteiger partial charge is 0.399 e. The zero-order chi connectivity index (χ0) is 19.9. The minimum absolute atomic E-state index is 0.350. The van der Waals surface area contributed by atoms with E-state index >= 15 is 0 Å². The molecule has 0 amide bonds. The van der Waals surface area contributed by atoms with Gasteiger partial charge in [-0.1, -0.05) is 54.0 Å². The first-order valence-corrected chi connectivity index (χ1v) is 9.40. The van der Waals surface area contributed by atoms with Crippen LogP contribution in [0.4, 0.5) is 0 Å². The third-order valence-corrected chi connectivity index (χ3v) is 5.56. The summed E-state index contributed by atoms with van der Waals surface area (Å²) in [6, 6.07) is 17.6. The van der Waals surface area contributed by atoms with Crippen LogP contribution >= 0.6 is 0 Å². The fourth-order valence-electron chi connectivity index (χ4n) is 3.08. The van der Waals surface area contributed by atoms with Crippen molar-refractivity contribution in [3.05, 3.63) is 60.8 Å². The highest BCUT2D eigenvalue weighted by atomic mass is 16.7. The fourth-order valence-corrected chi connectivity index (χ4v) is 3.08. The number of hydrogen-bond acceptors (Lipinski definition) is 4. The molecule has 2 radical (unpaired) electrons. The van der Waals surface area contributed by atoms with Crippen LogP contribution in [0.25, 0.3) is 22.6 Å². The molecule has 0 bridgehead atoms. The Morgan fingerprint density at radius 1 is 0.786 bits per heavy atom. The van der Waals surface area contributed by atoms with Gasteiger partial charge in [0.2, 0.25) is 0 Å². The fraction of sp³-hybridized carbons (Fsp3) is 0.273. The third kappa shape index (κ3) is 3.50. The predicted molar refractivity (Wildman–Crippen MR) is 114 cm³/mol. The molecule has 0 saturated carbocycles. The topological polar surface area (TPSA) is 44.2 Å². The quantitative estimate of drug-likeness (QED) is 0.667. The van der Waals surface area contributed by atoms with Gasteiger partial charge in [-0.25, -0.2) is 9.97 Å². The predicted octanol–water partition coefficient (Wildman–Crippen LogP) is 2.90. The van der Waals surface area contributed by atoms with Crippen LogP contribution in [0.3, 0.4) is 0 Å². The average molecular weight is 368 g/mol. The summed E-state index contributed by atoms with van der Waals surface area (Å²) in [6.45, 7) is 8.23. The molecular formula is C22H22B2N2O2. The summed E-state index contributed by atoms with van der Waals surface area (Å²) in [4.78, 5) is 9.09. The van der Waals surface area contributed by atoms with Gasteiger partial charge in [-0.2, -0.15) is 0 Å². The second-order valence-electron chi connectivity index (χ2n) is 8.10. The first-order chi connectivity index (χ1) is 13.2. The van der Waals surface area contributed by atoms with Crippen LogP contribution in [0.15, 0.2) is 60.8 Å². The van der Waals surface area contributed by atoms with Crippen LogP contribution < -0.4 is 10.9 Å². The van der Waals surface area contributed by atoms with Crippen LogP contribution in [-0.2, 0) is 9.31 Å². The maximum absolute atomic E-state index is 6.12. The second-order valence-corrected chi connectivity index (χ2v) is 8.10. The maximum atomic E-state index is 6.12. The molecule has 0 N–H and O–H groups in total. The van der Waals surface area contributed by atoms with E-state index in [0.717, 1.165) is 27.7 Å². The standard InChI is InChI=1S/C22H22B2N2O2/c1-21(2)22(3,4)28-24(27-21)18-11-7-15(8-12-18)19-13-14-25-20(26-19)16-5-9-17(23)10-6-16/h5-14H,1-4H3. The zero-order valence-electron chi connectivity index (χ0n) is 16.6. The maximum Gasteiger partial charge on any atom is 0.494 e. The Labute approximate surface area is 167 Å². The lowest BCUT2D eigenvalue weighted by Gasteiger charge is -2.32. The van der Waals surface area contributed by atoms with Gasteiger partial charge in [-0.05, 0) is 39.2 Å². The van der Waals surface area contributed by atoms with E-state index in [1.807, 2.05) is 54.6 Å². The molecule has 1 saturated heterocycles. The second kappa shape index (κ2) is 6.87. The van der Waals surface area contributed by atoms with E-state index < -0.39 is 0 Å². The summed E-state index contributed by atoms with van der Waals surface area (Å²) >= 11 is 0. The number of aromatic nitrogens is 2. The van der Waals surface area contributed by atoms with Crippen molar-refractivity contribution in [3.8, 4) is 22.6 Å². The van der Waals surface area contributed by atoms with E-state index in [0.29, 0.717) is 5.82 Å². The molecule has 1 aliphatic rings. The lowest BCUT2D eigenvalue weighted by atomic mass is 9.79. The molecular weight excluding hydrogens is 346 g/mol. The summed E-state index contributed by atoms with van der Waals surface area (Å²) in [6.07, 6.45) is 1.77. The van der Waals surface area contributed by atoms with Crippen molar-refractivity contribution in [2.24, 2.45) is 0 Å². The van der Waals surface area contributed by atoms with Gasteiger partial charge < -0.3 is 9.31 Å². The molecule has 0 aliphatic carbocycles. The highest BCUT2D eigenvalue weighted by Crippen LogP contribution is 2.36. The molecule has 0 atom stereocenters. The van der Waals surface area contributed by atoms with Crippen molar-refractivity contribution in [1.29, 1.82) is 0 Å². The van der Waals surface area contributed by atoms with E-state index in [9.17, 15) is 0 Å². The van der Waals surface area contributed by atoms with Gasteiger partial charge in [0.25, 0.3) is 0 Å². The van der Waals surface area contributed by atoms with Crippen molar-refractivity contribution in [3.63, 3.8) is 0 Å². The van der Waals surface area contributed by atoms with Gasteiger partial charge in [0.1, 0.15) is 7.85 Å². The van der Waals surface area contributed by atoms with E-state index in [1.165, 1.54) is 0 Å². The van der Waals surface area contributed by atoms with Crippen LogP contribution in [-0.4, -0.2) is 36.1 Å². The summed E-state index contributed by atoms with van der Waals surface area (Å²) in [5.74, 6) is 0.674. The molecule has 1 aliphatic heterocycles. The van der Waals surface area contributed by atoms with Crippen LogP contribution in [0, 0.1) is 0 Å². The molecule has 2 aromatic carbocycles. The minimum atomic E-state index is -0.366. The molecule has 6 heteroatoms. The Morgan fingerprint density at radius 3 is 1.96 bits per heavy atom. The Balaban J connectivity index is 1.58. The molecule has 4 nitrogen and oxygen atoms in total. The summed E-state index contributed by atoms with van der Waals surface area (Å²) < 4.78 is 12.2. The van der Waals surface area contributed by atoms with Crippen molar-refractivity contribution < 1.29 is 9.31 Å². The monoisotopic (exact) mass is 368 g/mol. The van der Waals surface area contributed by atoms with Crippen molar-refractivity contribution in [2.75, 3.05) is 0 Å². The first-order valence-electron chi connectivity index (χ1n) is 9.40. The van der Waals surface area contributed by atoms with Gasteiger partial charge in [-0.15, -0.1) is 0 Å². The Hall–Kier alpha value is -2.43. The minimum Gasteiger partial charge on any atom is -0.399 e. The van der Waals surface area contributed by atoms with E-state index in [-0.39, 0.29) is 18.3 Å². The largest absolute Gasteiger partial charge is 0.494 e. The highest BCUT2D eigenvalue weighted by molar-refractivity contribution is 6.62. The lowest BCUT2D eigenvalue weighted by molar-refractivity contribution is 0.00578. The number of nitrogens with zero attached hydrogens (tertiary/aromatic N) is 2. The van der Waals surface area contributed by atoms with Gasteiger partial charge in [0.05, 0.1) is 16.9 Å². The van der Waals surface area contributed by atoms with Gasteiger partial charge >= 0.3 is 7.12 Å². The number of benzene rings is 2. The molecule has 28 heavy (non-hydrogen) atoms. The van der Waals surface area contributed by atoms with Crippen LogP contribution in [0.1, 0.15) is 27.7 Å². The zero-order valence-corrected chi connectivity index (χ0v) is 16.6. The van der Waals surface area contributed by atoms with Crippen molar-refractivity contribution >= 4 is 25.9 Å². The van der Waals surface area contributed by atoms with Gasteiger partial charge in [0, 0.05) is 17.3 Å². The molecule has 4 rings (SSSR count). The SMILES string of the molecule is [B]c1ccc(-c2nccc(-c3ccc(B4OC(C)(C)C(C)(C)O4)cc3)n2)cc1. The normalized spacial score (nSPS) is 17.6. The third-order valence-electron chi connectivity index (χ3n) is 5.56. The lowest BCUT2D eigenvalue weighted by Crippen LogP contribution is -2.41. The molecule has 138 valence electrons. The Bertz CT molecular complexity index is 970. The number of hydrogen-bond donors (Lipinski definition) is 0. The Morgan fingerprint density at radius 2 is 1.36 bits per heavy atom. The molecule has 2 heterocycles. The van der Waals surface area contributed by atoms with Gasteiger partial charge in [-0.3, -0.25) is 0 Å². The molecule has 0 spiro atoms. The van der Waals surface area contributed by atoms with Crippen LogP contribution in [0.5, 0.6) is 0 Å². The summed E-state index contributed by atoms with van der Waals surface area (Å²) in [5, 5.41) is 0. The average Bonchev–Trinajstić information content (AvgIpc) is 2.90. The van der Waals surface area contributed by atoms with E-state index in [4.69, 9.17) is 22.1 Å². The Kier molecular flexibility index (Phi) is 4.64. The molecule has 1 fully saturated rings.